The third kappa shape index (κ3) is 3.62. The normalized spacial score (nSPS) is 11.2. The monoisotopic (exact) mass is 336 g/mol. The molecule has 0 saturated heterocycles. The first-order chi connectivity index (χ1) is 10.9. The molecule has 0 amide bonds. The number of benzene rings is 1. The van der Waals surface area contributed by atoms with Crippen LogP contribution in [0.25, 0.3) is 11.1 Å². The molecule has 0 unspecified atom stereocenters. The van der Waals surface area contributed by atoms with Crippen molar-refractivity contribution in [2.75, 3.05) is 12.9 Å². The summed E-state index contributed by atoms with van der Waals surface area (Å²) in [5.74, 6) is -1.78. The number of carbonyl (C=O) groups is 1. The van der Waals surface area contributed by atoms with E-state index in [9.17, 15) is 18.3 Å². The van der Waals surface area contributed by atoms with Gasteiger partial charge in [-0.2, -0.15) is 0 Å². The van der Waals surface area contributed by atoms with E-state index in [2.05, 4.69) is 6.58 Å². The molecule has 0 aliphatic heterocycles. The number of carboxylic acid groups (broad SMARTS) is 1. The van der Waals surface area contributed by atoms with E-state index in [0.29, 0.717) is 11.1 Å². The maximum Gasteiger partial charge on any atom is 0.339 e. The van der Waals surface area contributed by atoms with Crippen LogP contribution in [0.1, 0.15) is 15.9 Å². The molecule has 23 heavy (non-hydrogen) atoms. The smallest absolute Gasteiger partial charge is 0.339 e. The predicted molar refractivity (Wildman–Crippen MR) is 85.3 cm³/mol. The zero-order valence-electron chi connectivity index (χ0n) is 12.5. The van der Waals surface area contributed by atoms with E-state index in [0.717, 1.165) is 0 Å². The van der Waals surface area contributed by atoms with Gasteiger partial charge in [-0.15, -0.1) is 6.58 Å². The number of hydrogen-bond acceptors (Lipinski definition) is 5. The Morgan fingerprint density at radius 3 is 2.65 bits per heavy atom. The molecule has 1 aromatic heterocycles. The van der Waals surface area contributed by atoms with Gasteiger partial charge in [0, 0.05) is 11.1 Å². The van der Waals surface area contributed by atoms with E-state index in [1.165, 1.54) is 31.8 Å². The lowest BCUT2D eigenvalue weighted by Crippen LogP contribution is -2.13. The van der Waals surface area contributed by atoms with Gasteiger partial charge >= 0.3 is 5.97 Å². The molecule has 0 atom stereocenters. The van der Waals surface area contributed by atoms with E-state index in [4.69, 9.17) is 9.15 Å². The van der Waals surface area contributed by atoms with Crippen LogP contribution in [0.5, 0.6) is 5.75 Å². The lowest BCUT2D eigenvalue weighted by atomic mass is 9.99. The minimum atomic E-state index is -3.49. The summed E-state index contributed by atoms with van der Waals surface area (Å²) in [4.78, 5) is 11.6. The Morgan fingerprint density at radius 2 is 2.13 bits per heavy atom. The molecule has 2 rings (SSSR count). The highest BCUT2D eigenvalue weighted by molar-refractivity contribution is 7.90. The maximum absolute atomic E-state index is 12.0. The van der Waals surface area contributed by atoms with Crippen molar-refractivity contribution in [2.24, 2.45) is 0 Å². The van der Waals surface area contributed by atoms with Gasteiger partial charge in [0.15, 0.2) is 9.84 Å². The van der Waals surface area contributed by atoms with Crippen molar-refractivity contribution < 1.29 is 27.5 Å². The Morgan fingerprint density at radius 1 is 1.39 bits per heavy atom. The lowest BCUT2D eigenvalue weighted by molar-refractivity contribution is 0.0692. The van der Waals surface area contributed by atoms with Gasteiger partial charge in [0.2, 0.25) is 0 Å². The quantitative estimate of drug-likeness (QED) is 0.781. The Hall–Kier alpha value is -2.54. The molecule has 0 aliphatic rings. The highest BCUT2D eigenvalue weighted by Crippen LogP contribution is 2.36. The van der Waals surface area contributed by atoms with Gasteiger partial charge in [-0.25, -0.2) is 13.2 Å². The van der Waals surface area contributed by atoms with Crippen molar-refractivity contribution in [3.63, 3.8) is 0 Å². The minimum absolute atomic E-state index is 0.102. The van der Waals surface area contributed by atoms with Crippen LogP contribution in [0.15, 0.2) is 47.8 Å². The third-order valence-corrected chi connectivity index (χ3v) is 4.74. The van der Waals surface area contributed by atoms with Crippen molar-refractivity contribution in [3.8, 4) is 16.9 Å². The topological polar surface area (TPSA) is 93.8 Å². The van der Waals surface area contributed by atoms with Crippen molar-refractivity contribution in [2.45, 2.75) is 5.75 Å². The molecule has 0 radical (unpaired) electrons. The zero-order chi connectivity index (χ0) is 17.0. The fourth-order valence-electron chi connectivity index (χ4n) is 2.31. The summed E-state index contributed by atoms with van der Waals surface area (Å²) in [6.45, 7) is 3.40. The fraction of sp³-hybridized carbons (Fsp3) is 0.188. The van der Waals surface area contributed by atoms with Crippen LogP contribution >= 0.6 is 0 Å². The molecule has 1 N–H and O–H groups in total. The molecule has 7 heteroatoms. The van der Waals surface area contributed by atoms with Gasteiger partial charge < -0.3 is 14.3 Å². The number of aromatic carboxylic acids is 1. The predicted octanol–water partition coefficient (Wildman–Crippen LogP) is 2.75. The number of methoxy groups -OCH3 is 1. The second-order valence-corrected chi connectivity index (χ2v) is 6.95. The number of furan rings is 1. The number of ether oxygens (including phenoxy) is 1. The van der Waals surface area contributed by atoms with Crippen LogP contribution in [0.3, 0.4) is 0 Å². The average Bonchev–Trinajstić information content (AvgIpc) is 2.99. The molecule has 1 heterocycles. The molecule has 0 bridgehead atoms. The van der Waals surface area contributed by atoms with E-state index >= 15 is 0 Å². The van der Waals surface area contributed by atoms with Gasteiger partial charge in [-0.3, -0.25) is 0 Å². The summed E-state index contributed by atoms with van der Waals surface area (Å²) in [6.07, 6.45) is 4.18. The van der Waals surface area contributed by atoms with Crippen LogP contribution in [0.2, 0.25) is 0 Å². The Labute approximate surface area is 133 Å². The number of sulfone groups is 1. The Bertz CT molecular complexity index is 819. The molecule has 122 valence electrons. The molecule has 0 spiro atoms. The molecular weight excluding hydrogens is 320 g/mol. The first-order valence-corrected chi connectivity index (χ1v) is 8.48. The first-order valence-electron chi connectivity index (χ1n) is 6.66. The standard InChI is InChI=1S/C16H16O6S/c1-3-8-23(19,20)10-12-4-5-13(11-6-7-22-9-11)15(21-2)14(12)16(17)18/h3-7,9H,1,8,10H2,2H3,(H,17,18). The summed E-state index contributed by atoms with van der Waals surface area (Å²) < 4.78 is 34.2. The number of hydrogen-bond donors (Lipinski definition) is 1. The summed E-state index contributed by atoms with van der Waals surface area (Å²) in [7, 11) is -2.15. The highest BCUT2D eigenvalue weighted by atomic mass is 32.2. The molecule has 1 aromatic carbocycles. The van der Waals surface area contributed by atoms with Crippen molar-refractivity contribution >= 4 is 15.8 Å². The van der Waals surface area contributed by atoms with E-state index in [-0.39, 0.29) is 22.6 Å². The molecular formula is C16H16O6S. The maximum atomic E-state index is 12.0. The first kappa shape index (κ1) is 16.8. The average molecular weight is 336 g/mol. The lowest BCUT2D eigenvalue weighted by Gasteiger charge is -2.14. The Balaban J connectivity index is 2.61. The number of rotatable bonds is 7. The molecule has 6 nitrogen and oxygen atoms in total. The molecule has 0 fully saturated rings. The van der Waals surface area contributed by atoms with E-state index in [1.54, 1.807) is 12.1 Å². The summed E-state index contributed by atoms with van der Waals surface area (Å²) >= 11 is 0. The third-order valence-electron chi connectivity index (χ3n) is 3.24. The van der Waals surface area contributed by atoms with Crippen LogP contribution < -0.4 is 4.74 Å². The van der Waals surface area contributed by atoms with Crippen LogP contribution in [-0.4, -0.2) is 32.4 Å². The van der Waals surface area contributed by atoms with Crippen molar-refractivity contribution in [3.05, 3.63) is 54.5 Å². The minimum Gasteiger partial charge on any atom is -0.495 e. The van der Waals surface area contributed by atoms with Crippen LogP contribution in [0.4, 0.5) is 0 Å². The summed E-state index contributed by atoms with van der Waals surface area (Å²) in [5.41, 5.74) is 1.16. The summed E-state index contributed by atoms with van der Waals surface area (Å²) in [6, 6.07) is 4.77. The van der Waals surface area contributed by atoms with Gasteiger partial charge in [0.1, 0.15) is 11.3 Å². The van der Waals surface area contributed by atoms with E-state index < -0.39 is 21.6 Å². The zero-order valence-corrected chi connectivity index (χ0v) is 13.3. The van der Waals surface area contributed by atoms with Crippen LogP contribution in [0, 0.1) is 0 Å². The van der Waals surface area contributed by atoms with Gasteiger partial charge in [-0.1, -0.05) is 18.2 Å². The Kier molecular flexibility index (Phi) is 4.90. The molecule has 0 aliphatic carbocycles. The highest BCUT2D eigenvalue weighted by Gasteiger charge is 2.24. The van der Waals surface area contributed by atoms with E-state index in [1.807, 2.05) is 0 Å². The van der Waals surface area contributed by atoms with Crippen molar-refractivity contribution in [1.82, 2.24) is 0 Å². The SMILES string of the molecule is C=CCS(=O)(=O)Cc1ccc(-c2ccoc2)c(OC)c1C(=O)O. The van der Waals surface area contributed by atoms with Gasteiger partial charge in [0.05, 0.1) is 31.1 Å². The second kappa shape index (κ2) is 6.70. The van der Waals surface area contributed by atoms with Gasteiger partial charge in [0.25, 0.3) is 0 Å². The number of carboxylic acids is 1. The molecule has 0 saturated carbocycles. The summed E-state index contributed by atoms with van der Waals surface area (Å²) in [5, 5.41) is 9.51. The van der Waals surface area contributed by atoms with Gasteiger partial charge in [-0.05, 0) is 11.6 Å². The molecule has 2 aromatic rings. The van der Waals surface area contributed by atoms with Crippen molar-refractivity contribution in [1.29, 1.82) is 0 Å². The largest absolute Gasteiger partial charge is 0.495 e. The van der Waals surface area contributed by atoms with Crippen LogP contribution in [-0.2, 0) is 15.6 Å². The second-order valence-electron chi connectivity index (χ2n) is 4.84. The fourth-order valence-corrected chi connectivity index (χ4v) is 3.50.